The second-order valence-electron chi connectivity index (χ2n) is 6.98. The van der Waals surface area contributed by atoms with E-state index in [9.17, 15) is 31.9 Å². The van der Waals surface area contributed by atoms with Crippen molar-refractivity contribution in [2.75, 3.05) is 4.72 Å². The Morgan fingerprint density at radius 1 is 1.07 bits per heavy atom. The Kier molecular flexibility index (Phi) is 5.48. The van der Waals surface area contributed by atoms with Crippen LogP contribution in [0.5, 0.6) is 5.75 Å². The van der Waals surface area contributed by atoms with Gasteiger partial charge >= 0.3 is 12.1 Å². The normalized spacial score (nSPS) is 16.0. The number of hydrogen-bond donors (Lipinski definition) is 2. The summed E-state index contributed by atoms with van der Waals surface area (Å²) in [6, 6.07) is 10.5. The third-order valence-electron chi connectivity index (χ3n) is 4.38. The van der Waals surface area contributed by atoms with Crippen molar-refractivity contribution >= 4 is 28.3 Å². The molecule has 2 aromatic rings. The van der Waals surface area contributed by atoms with Gasteiger partial charge in [0, 0.05) is 28.8 Å². The maximum Gasteiger partial charge on any atom is 0.458 e. The van der Waals surface area contributed by atoms with Crippen LogP contribution in [0.25, 0.3) is 5.57 Å². The van der Waals surface area contributed by atoms with E-state index in [1.165, 1.54) is 13.8 Å². The molecule has 0 bridgehead atoms. The van der Waals surface area contributed by atoms with Gasteiger partial charge in [0.25, 0.3) is 0 Å². The van der Waals surface area contributed by atoms with Crippen LogP contribution in [0.3, 0.4) is 0 Å². The monoisotopic (exact) mass is 445 g/mol. The molecule has 2 aromatic carbocycles. The number of benzene rings is 2. The molecule has 0 unspecified atom stereocenters. The molecule has 0 spiro atoms. The van der Waals surface area contributed by atoms with Crippen LogP contribution in [-0.4, -0.2) is 22.0 Å². The van der Waals surface area contributed by atoms with Gasteiger partial charge in [0.2, 0.25) is 5.12 Å². The van der Waals surface area contributed by atoms with E-state index < -0.39 is 39.7 Å². The SMILES string of the molecule is CC1(C)Oc2ccc(C(F)(F)C(F)(F)F)cc2C(C(=O)SNc2ccccc2)=C1O. The van der Waals surface area contributed by atoms with E-state index >= 15 is 0 Å². The van der Waals surface area contributed by atoms with Gasteiger partial charge in [-0.25, -0.2) is 0 Å². The zero-order valence-corrected chi connectivity index (χ0v) is 16.5. The van der Waals surface area contributed by atoms with Crippen molar-refractivity contribution in [3.05, 3.63) is 65.4 Å². The topological polar surface area (TPSA) is 58.6 Å². The first kappa shape index (κ1) is 21.9. The number of ether oxygens (including phenoxy) is 1. The molecule has 2 N–H and O–H groups in total. The first-order chi connectivity index (χ1) is 13.8. The minimum absolute atomic E-state index is 0.0943. The van der Waals surface area contributed by atoms with Crippen molar-refractivity contribution in [1.82, 2.24) is 0 Å². The molecule has 0 atom stereocenters. The van der Waals surface area contributed by atoms with Crippen molar-refractivity contribution in [3.8, 4) is 5.75 Å². The largest absolute Gasteiger partial charge is 0.507 e. The number of carbonyl (C=O) groups is 1. The number of aliphatic hydroxyl groups excluding tert-OH is 1. The summed E-state index contributed by atoms with van der Waals surface area (Å²) in [6.07, 6.45) is -5.82. The predicted molar refractivity (Wildman–Crippen MR) is 103 cm³/mol. The summed E-state index contributed by atoms with van der Waals surface area (Å²) < 4.78 is 74.3. The molecule has 4 nitrogen and oxygen atoms in total. The molecule has 1 aliphatic rings. The van der Waals surface area contributed by atoms with Crippen LogP contribution in [0.1, 0.15) is 25.0 Å². The average molecular weight is 445 g/mol. The number of anilines is 1. The third-order valence-corrected chi connectivity index (χ3v) is 5.11. The number of fused-ring (bicyclic) bond motifs is 1. The first-order valence-corrected chi connectivity index (χ1v) is 9.40. The summed E-state index contributed by atoms with van der Waals surface area (Å²) in [5.74, 6) is -5.81. The van der Waals surface area contributed by atoms with E-state index in [2.05, 4.69) is 4.72 Å². The molecule has 0 aliphatic carbocycles. The second kappa shape index (κ2) is 7.50. The number of para-hydroxylation sites is 1. The van der Waals surface area contributed by atoms with Gasteiger partial charge in [0.05, 0.1) is 5.57 Å². The average Bonchev–Trinajstić information content (AvgIpc) is 2.66. The summed E-state index contributed by atoms with van der Waals surface area (Å²) in [6.45, 7) is 2.87. The van der Waals surface area contributed by atoms with Crippen LogP contribution in [-0.2, 0) is 10.7 Å². The third kappa shape index (κ3) is 3.96. The van der Waals surface area contributed by atoms with Gasteiger partial charge in [-0.15, -0.1) is 0 Å². The molecule has 0 fully saturated rings. The standard InChI is InChI=1S/C20H16F5NO3S/c1-18(2)16(27)15(17(28)30-26-12-6-4-3-5-7-12)13-10-11(8-9-14(13)29-18)19(21,22)20(23,24)25/h3-10,26-27H,1-2H3. The quantitative estimate of drug-likeness (QED) is 0.442. The molecule has 1 heterocycles. The van der Waals surface area contributed by atoms with Crippen LogP contribution in [0.4, 0.5) is 27.6 Å². The van der Waals surface area contributed by atoms with Crippen LogP contribution in [0.15, 0.2) is 54.3 Å². The Hall–Kier alpha value is -2.75. The van der Waals surface area contributed by atoms with Crippen LogP contribution >= 0.6 is 11.9 Å². The molecule has 0 saturated heterocycles. The number of nitrogens with one attached hydrogen (secondary N) is 1. The Labute approximate surface area is 172 Å². The highest BCUT2D eigenvalue weighted by molar-refractivity contribution is 8.15. The zero-order valence-electron chi connectivity index (χ0n) is 15.7. The fourth-order valence-electron chi connectivity index (χ4n) is 2.79. The Balaban J connectivity index is 2.03. The molecule has 10 heteroatoms. The molecule has 160 valence electrons. The molecule has 0 saturated carbocycles. The van der Waals surface area contributed by atoms with Crippen LogP contribution in [0.2, 0.25) is 0 Å². The van der Waals surface area contributed by atoms with E-state index in [0.29, 0.717) is 29.8 Å². The lowest BCUT2D eigenvalue weighted by Crippen LogP contribution is -2.37. The van der Waals surface area contributed by atoms with Gasteiger partial charge in [-0.05, 0) is 44.2 Å². The minimum Gasteiger partial charge on any atom is -0.507 e. The van der Waals surface area contributed by atoms with Gasteiger partial charge < -0.3 is 14.6 Å². The number of alkyl halides is 5. The minimum atomic E-state index is -5.82. The lowest BCUT2D eigenvalue weighted by molar-refractivity contribution is -0.289. The molecule has 3 rings (SSSR count). The summed E-state index contributed by atoms with van der Waals surface area (Å²) in [5, 5.41) is 9.77. The van der Waals surface area contributed by atoms with Crippen molar-refractivity contribution in [2.24, 2.45) is 0 Å². The van der Waals surface area contributed by atoms with E-state index in [1.807, 2.05) is 0 Å². The maximum absolute atomic E-state index is 13.8. The van der Waals surface area contributed by atoms with Crippen molar-refractivity contribution in [2.45, 2.75) is 31.5 Å². The Morgan fingerprint density at radius 3 is 2.30 bits per heavy atom. The van der Waals surface area contributed by atoms with Crippen LogP contribution in [0, 0.1) is 0 Å². The second-order valence-corrected chi connectivity index (χ2v) is 7.76. The first-order valence-electron chi connectivity index (χ1n) is 8.59. The lowest BCUT2D eigenvalue weighted by Gasteiger charge is -2.33. The van der Waals surface area contributed by atoms with Gasteiger partial charge in [0.1, 0.15) is 11.5 Å². The van der Waals surface area contributed by atoms with Crippen molar-refractivity contribution in [3.63, 3.8) is 0 Å². The molecule has 0 aromatic heterocycles. The molecule has 0 radical (unpaired) electrons. The molecule has 30 heavy (non-hydrogen) atoms. The number of rotatable bonds is 4. The van der Waals surface area contributed by atoms with Gasteiger partial charge in [-0.2, -0.15) is 22.0 Å². The zero-order chi connectivity index (χ0) is 22.3. The highest BCUT2D eigenvalue weighted by atomic mass is 32.2. The highest BCUT2D eigenvalue weighted by Crippen LogP contribution is 2.48. The molecular formula is C20H16F5NO3S. The van der Waals surface area contributed by atoms with E-state index in [4.69, 9.17) is 4.74 Å². The smallest absolute Gasteiger partial charge is 0.458 e. The van der Waals surface area contributed by atoms with Gasteiger partial charge in [0.15, 0.2) is 5.60 Å². The summed E-state index contributed by atoms with van der Waals surface area (Å²) in [7, 11) is 0. The fraction of sp³-hybridized carbons (Fsp3) is 0.250. The van der Waals surface area contributed by atoms with Crippen molar-refractivity contribution in [1.29, 1.82) is 0 Å². The maximum atomic E-state index is 13.8. The fourth-order valence-corrected chi connectivity index (χ4v) is 3.45. The summed E-state index contributed by atoms with van der Waals surface area (Å²) in [5.41, 5.74) is -2.95. The van der Waals surface area contributed by atoms with Gasteiger partial charge in [-0.1, -0.05) is 18.2 Å². The number of carbonyl (C=O) groups excluding carboxylic acids is 1. The van der Waals surface area contributed by atoms with E-state index in [0.717, 1.165) is 6.07 Å². The molecular weight excluding hydrogens is 429 g/mol. The number of halogens is 5. The summed E-state index contributed by atoms with van der Waals surface area (Å²) >= 11 is 0.551. The Bertz CT molecular complexity index is 1000. The van der Waals surface area contributed by atoms with Crippen molar-refractivity contribution < 1.29 is 36.6 Å². The highest BCUT2D eigenvalue weighted by Gasteiger charge is 2.59. The molecule has 0 amide bonds. The molecule has 1 aliphatic heterocycles. The number of aliphatic hydroxyl groups is 1. The lowest BCUT2D eigenvalue weighted by atomic mass is 9.91. The predicted octanol–water partition coefficient (Wildman–Crippen LogP) is 6.07. The van der Waals surface area contributed by atoms with Gasteiger partial charge in [-0.3, -0.25) is 4.79 Å². The van der Waals surface area contributed by atoms with E-state index in [1.54, 1.807) is 30.3 Å². The van der Waals surface area contributed by atoms with Crippen LogP contribution < -0.4 is 9.46 Å². The van der Waals surface area contributed by atoms with E-state index in [-0.39, 0.29) is 11.3 Å². The summed E-state index contributed by atoms with van der Waals surface area (Å²) in [4.78, 5) is 12.8. The number of hydrogen-bond acceptors (Lipinski definition) is 5. The Morgan fingerprint density at radius 2 is 1.70 bits per heavy atom.